The van der Waals surface area contributed by atoms with Crippen molar-refractivity contribution in [2.75, 3.05) is 10.6 Å². The highest BCUT2D eigenvalue weighted by molar-refractivity contribution is 5.93. The van der Waals surface area contributed by atoms with Crippen molar-refractivity contribution in [2.24, 2.45) is 16.6 Å². The van der Waals surface area contributed by atoms with Crippen molar-refractivity contribution in [1.29, 1.82) is 0 Å². The first-order chi connectivity index (χ1) is 14.3. The number of hydrogen-bond donors (Lipinski definition) is 3. The first-order valence-corrected chi connectivity index (χ1v) is 9.61. The second kappa shape index (κ2) is 9.51. The number of benzene rings is 2. The number of rotatable bonds is 6. The van der Waals surface area contributed by atoms with Gasteiger partial charge in [0.15, 0.2) is 5.96 Å². The first-order valence-electron chi connectivity index (χ1n) is 9.61. The third-order valence-electron chi connectivity index (χ3n) is 4.71. The van der Waals surface area contributed by atoms with Gasteiger partial charge in [0, 0.05) is 17.3 Å². The van der Waals surface area contributed by atoms with Crippen LogP contribution >= 0.6 is 0 Å². The minimum absolute atomic E-state index is 0.0484. The fourth-order valence-electron chi connectivity index (χ4n) is 3.28. The molecule has 6 nitrogen and oxygen atoms in total. The quantitative estimate of drug-likeness (QED) is 0.469. The van der Waals surface area contributed by atoms with E-state index >= 15 is 0 Å². The number of nitrogens with two attached hydrogens (primary N) is 1. The fraction of sp³-hybridized carbons (Fsp3) is 0.333. The summed E-state index contributed by atoms with van der Waals surface area (Å²) in [4.78, 5) is 16.5. The summed E-state index contributed by atoms with van der Waals surface area (Å²) in [6.07, 6.45) is -0.683. The minimum atomic E-state index is -4.74. The predicted octanol–water partition coefficient (Wildman–Crippen LogP) is 4.64. The van der Waals surface area contributed by atoms with Crippen molar-refractivity contribution in [3.8, 4) is 5.75 Å². The Kier molecular flexibility index (Phi) is 6.81. The maximum atomic E-state index is 12.3. The van der Waals surface area contributed by atoms with Crippen LogP contribution in [0.3, 0.4) is 0 Å². The van der Waals surface area contributed by atoms with E-state index in [9.17, 15) is 18.0 Å². The van der Waals surface area contributed by atoms with Crippen molar-refractivity contribution in [1.82, 2.24) is 0 Å². The van der Waals surface area contributed by atoms with Crippen LogP contribution in [-0.4, -0.2) is 18.2 Å². The van der Waals surface area contributed by atoms with Crippen LogP contribution in [-0.2, 0) is 11.3 Å². The number of hydrogen-bond acceptors (Lipinski definition) is 3. The van der Waals surface area contributed by atoms with E-state index in [2.05, 4.69) is 20.4 Å². The minimum Gasteiger partial charge on any atom is -0.406 e. The maximum Gasteiger partial charge on any atom is 0.573 e. The molecule has 9 heteroatoms. The Morgan fingerprint density at radius 2 is 1.77 bits per heavy atom. The summed E-state index contributed by atoms with van der Waals surface area (Å²) in [5, 5.41) is 5.75. The number of nitrogens with zero attached hydrogens (tertiary/aromatic N) is 1. The molecule has 1 amide bonds. The molecule has 2 aromatic carbocycles. The van der Waals surface area contributed by atoms with E-state index in [4.69, 9.17) is 5.73 Å². The van der Waals surface area contributed by atoms with Crippen LogP contribution in [0.25, 0.3) is 0 Å². The van der Waals surface area contributed by atoms with Gasteiger partial charge < -0.3 is 21.1 Å². The Morgan fingerprint density at radius 1 is 1.07 bits per heavy atom. The smallest absolute Gasteiger partial charge is 0.406 e. The van der Waals surface area contributed by atoms with Crippen molar-refractivity contribution in [3.05, 3.63) is 54.1 Å². The predicted molar refractivity (Wildman–Crippen MR) is 109 cm³/mol. The third kappa shape index (κ3) is 6.68. The number of aliphatic imine (C=N–C) groups is 1. The van der Waals surface area contributed by atoms with Crippen molar-refractivity contribution < 1.29 is 22.7 Å². The van der Waals surface area contributed by atoms with Crippen LogP contribution in [0.5, 0.6) is 5.75 Å². The van der Waals surface area contributed by atoms with Crippen LogP contribution in [0.4, 0.5) is 24.5 Å². The number of carbonyl (C=O) groups is 1. The van der Waals surface area contributed by atoms with Crippen molar-refractivity contribution in [3.63, 3.8) is 0 Å². The molecule has 0 unspecified atom stereocenters. The number of nitrogens with one attached hydrogen (secondary N) is 2. The van der Waals surface area contributed by atoms with E-state index in [0.717, 1.165) is 31.2 Å². The third-order valence-corrected chi connectivity index (χ3v) is 4.71. The van der Waals surface area contributed by atoms with Crippen molar-refractivity contribution in [2.45, 2.75) is 38.6 Å². The molecule has 0 aliphatic heterocycles. The summed E-state index contributed by atoms with van der Waals surface area (Å²) >= 11 is 0. The molecular weight excluding hydrogens is 397 g/mol. The van der Waals surface area contributed by atoms with E-state index in [0.29, 0.717) is 11.4 Å². The molecule has 0 atom stereocenters. The number of amides is 1. The van der Waals surface area contributed by atoms with E-state index in [1.807, 2.05) is 24.3 Å². The van der Waals surface area contributed by atoms with E-state index < -0.39 is 6.36 Å². The molecule has 1 aliphatic rings. The lowest BCUT2D eigenvalue weighted by Gasteiger charge is -2.11. The molecular formula is C21H23F3N4O2. The lowest BCUT2D eigenvalue weighted by Crippen LogP contribution is -2.22. The first kappa shape index (κ1) is 21.5. The molecule has 0 radical (unpaired) electrons. The van der Waals surface area contributed by atoms with Crippen LogP contribution in [0, 0.1) is 5.92 Å². The zero-order valence-electron chi connectivity index (χ0n) is 16.2. The zero-order chi connectivity index (χ0) is 21.6. The van der Waals surface area contributed by atoms with Gasteiger partial charge in [-0.25, -0.2) is 4.99 Å². The summed E-state index contributed by atoms with van der Waals surface area (Å²) in [5.41, 5.74) is 7.90. The molecule has 2 aromatic rings. The van der Waals surface area contributed by atoms with Gasteiger partial charge in [-0.05, 0) is 54.8 Å². The zero-order valence-corrected chi connectivity index (χ0v) is 16.2. The molecule has 3 rings (SSSR count). The Labute approximate surface area is 172 Å². The number of guanidine groups is 1. The van der Waals surface area contributed by atoms with E-state index in [-0.39, 0.29) is 30.1 Å². The SMILES string of the molecule is NC(=NCc1cccc(NC(=O)C2CCCC2)c1)Nc1ccc(OC(F)(F)F)cc1. The number of anilines is 2. The van der Waals surface area contributed by atoms with Gasteiger partial charge in [0.05, 0.1) is 6.54 Å². The van der Waals surface area contributed by atoms with Gasteiger partial charge in [-0.1, -0.05) is 25.0 Å². The van der Waals surface area contributed by atoms with Gasteiger partial charge in [0.1, 0.15) is 5.75 Å². The average Bonchev–Trinajstić information content (AvgIpc) is 3.22. The van der Waals surface area contributed by atoms with Gasteiger partial charge >= 0.3 is 6.36 Å². The highest BCUT2D eigenvalue weighted by Crippen LogP contribution is 2.26. The summed E-state index contributed by atoms with van der Waals surface area (Å²) in [6, 6.07) is 12.5. The molecule has 0 heterocycles. The van der Waals surface area contributed by atoms with Gasteiger partial charge in [0.25, 0.3) is 0 Å². The summed E-state index contributed by atoms with van der Waals surface area (Å²) < 4.78 is 40.4. The largest absolute Gasteiger partial charge is 0.573 e. The van der Waals surface area contributed by atoms with Crippen LogP contribution < -0.4 is 21.1 Å². The monoisotopic (exact) mass is 420 g/mol. The lowest BCUT2D eigenvalue weighted by molar-refractivity contribution is -0.274. The standard InChI is InChI=1S/C21H23F3N4O2/c22-21(23,24)30-18-10-8-16(9-11-18)28-20(25)26-13-14-4-3-7-17(12-14)27-19(29)15-5-1-2-6-15/h3-4,7-12,15H,1-2,5-6,13H2,(H,27,29)(H3,25,26,28). The molecule has 0 aromatic heterocycles. The van der Waals surface area contributed by atoms with Crippen LogP contribution in [0.2, 0.25) is 0 Å². The van der Waals surface area contributed by atoms with Gasteiger partial charge in [-0.2, -0.15) is 0 Å². The number of carbonyl (C=O) groups excluding carboxylic acids is 1. The van der Waals surface area contributed by atoms with Crippen LogP contribution in [0.1, 0.15) is 31.2 Å². The Bertz CT molecular complexity index is 892. The summed E-state index contributed by atoms with van der Waals surface area (Å²) in [6.45, 7) is 0.279. The highest BCUT2D eigenvalue weighted by atomic mass is 19.4. The normalized spacial score (nSPS) is 15.1. The second-order valence-corrected chi connectivity index (χ2v) is 7.07. The maximum absolute atomic E-state index is 12.3. The number of alkyl halides is 3. The number of halogens is 3. The Hall–Kier alpha value is -3.23. The molecule has 1 fully saturated rings. The molecule has 160 valence electrons. The molecule has 1 aliphatic carbocycles. The number of ether oxygens (including phenoxy) is 1. The highest BCUT2D eigenvalue weighted by Gasteiger charge is 2.31. The van der Waals surface area contributed by atoms with E-state index in [1.165, 1.54) is 24.3 Å². The van der Waals surface area contributed by atoms with Gasteiger partial charge in [0.2, 0.25) is 5.91 Å². The average molecular weight is 420 g/mol. The second-order valence-electron chi connectivity index (χ2n) is 7.07. The Morgan fingerprint density at radius 3 is 2.43 bits per heavy atom. The summed E-state index contributed by atoms with van der Waals surface area (Å²) in [7, 11) is 0. The molecule has 4 N–H and O–H groups in total. The molecule has 1 saturated carbocycles. The van der Waals surface area contributed by atoms with Gasteiger partial charge in [-0.3, -0.25) is 4.79 Å². The lowest BCUT2D eigenvalue weighted by atomic mass is 10.1. The van der Waals surface area contributed by atoms with Gasteiger partial charge in [-0.15, -0.1) is 13.2 Å². The molecule has 0 saturated heterocycles. The van der Waals surface area contributed by atoms with Crippen LogP contribution in [0.15, 0.2) is 53.5 Å². The fourth-order valence-corrected chi connectivity index (χ4v) is 3.28. The Balaban J connectivity index is 1.54. The van der Waals surface area contributed by atoms with E-state index in [1.54, 1.807) is 0 Å². The molecule has 30 heavy (non-hydrogen) atoms. The van der Waals surface area contributed by atoms with Crippen molar-refractivity contribution >= 4 is 23.2 Å². The molecule has 0 spiro atoms. The summed E-state index contributed by atoms with van der Waals surface area (Å²) in [5.74, 6) is -0.0772. The topological polar surface area (TPSA) is 88.7 Å². The molecule has 0 bridgehead atoms.